The summed E-state index contributed by atoms with van der Waals surface area (Å²) in [6.45, 7) is 0. The number of hydrogen-bond acceptors (Lipinski definition) is 3. The number of benzene rings is 7. The first-order valence-electron chi connectivity index (χ1n) is 25.0. The Morgan fingerprint density at radius 2 is 1.12 bits per heavy atom. The fourth-order valence-electron chi connectivity index (χ4n) is 4.90. The van der Waals surface area contributed by atoms with E-state index in [2.05, 4.69) is 0 Å². The summed E-state index contributed by atoms with van der Waals surface area (Å²) in [5.74, 6) is 0. The lowest BCUT2D eigenvalue weighted by atomic mass is 9.99. The zero-order valence-corrected chi connectivity index (χ0v) is 21.3. The molecule has 0 radical (unpaired) electrons. The second kappa shape index (κ2) is 9.37. The third-order valence-electron chi connectivity index (χ3n) is 6.70. The van der Waals surface area contributed by atoms with Gasteiger partial charge in [-0.2, -0.15) is 0 Å². The van der Waals surface area contributed by atoms with Gasteiger partial charge in [0.25, 0.3) is 0 Å². The summed E-state index contributed by atoms with van der Waals surface area (Å²) in [4.78, 5) is 0.499. The number of hydrogen-bond donors (Lipinski definition) is 0. The van der Waals surface area contributed by atoms with Crippen LogP contribution >= 0.6 is 0 Å². The maximum absolute atomic E-state index is 9.57. The van der Waals surface area contributed by atoms with Crippen LogP contribution in [-0.2, 0) is 0 Å². The zero-order valence-electron chi connectivity index (χ0n) is 46.3. The molecule has 0 aliphatic rings. The molecule has 0 fully saturated rings. The molecule has 2 heterocycles. The fraction of sp³-hybridized carbons (Fsp3) is 0. The number of furan rings is 2. The van der Waals surface area contributed by atoms with Gasteiger partial charge in [-0.1, -0.05) is 96.7 Å². The molecule has 9 rings (SSSR count). The molecule has 7 aromatic carbocycles. The van der Waals surface area contributed by atoms with Crippen molar-refractivity contribution in [3.8, 4) is 11.1 Å². The molecule has 0 saturated carbocycles. The molecule has 3 heteroatoms. The van der Waals surface area contributed by atoms with Crippen molar-refractivity contribution < 1.29 is 43.1 Å². The molecule has 0 amide bonds. The Bertz CT molecular complexity index is 3820. The molecule has 0 bridgehead atoms. The number of anilines is 3. The van der Waals surface area contributed by atoms with Crippen LogP contribution in [0.5, 0.6) is 0 Å². The number of fused-ring (bicyclic) bond motifs is 8. The highest BCUT2D eigenvalue weighted by Gasteiger charge is 2.20. The first-order chi connectivity index (χ1) is 31.7. The van der Waals surface area contributed by atoms with Crippen LogP contribution in [0.2, 0.25) is 0 Å². The molecule has 9 aromatic rings. The molecule has 0 N–H and O–H groups in total. The molecule has 0 aliphatic heterocycles. The monoisotopic (exact) mass is 576 g/mol. The molecule has 0 atom stereocenters. The molecule has 2 aromatic heterocycles. The van der Waals surface area contributed by atoms with Crippen molar-refractivity contribution in [2.24, 2.45) is 0 Å². The Kier molecular flexibility index (Phi) is 2.15. The first kappa shape index (κ1) is 9.89. The van der Waals surface area contributed by atoms with Gasteiger partial charge < -0.3 is 13.7 Å². The van der Waals surface area contributed by atoms with E-state index in [1.165, 1.54) is 0 Å². The van der Waals surface area contributed by atoms with Gasteiger partial charge in [-0.3, -0.25) is 0 Å². The number of nitrogens with zero attached hydrogens (tertiary/aromatic N) is 1. The van der Waals surface area contributed by atoms with Crippen LogP contribution in [0, 0.1) is 0 Å². The van der Waals surface area contributed by atoms with Crippen molar-refractivity contribution >= 4 is 71.7 Å². The summed E-state index contributed by atoms with van der Waals surface area (Å²) in [6.07, 6.45) is 0. The van der Waals surface area contributed by atoms with E-state index in [4.69, 9.17) is 34.9 Å². The van der Waals surface area contributed by atoms with Gasteiger partial charge in [-0.05, 0) is 70.9 Å². The van der Waals surface area contributed by atoms with Gasteiger partial charge in [0.05, 0.1) is 45.3 Å². The Morgan fingerprint density at radius 1 is 0.442 bits per heavy atom. The maximum atomic E-state index is 9.57. The van der Waals surface area contributed by atoms with Crippen molar-refractivity contribution in [3.63, 3.8) is 0 Å². The van der Waals surface area contributed by atoms with E-state index < -0.39 is 234 Å². The predicted octanol–water partition coefficient (Wildman–Crippen LogP) is 11.8. The second-order valence-corrected chi connectivity index (χ2v) is 9.03. The second-order valence-electron chi connectivity index (χ2n) is 9.03. The lowest BCUT2D eigenvalue weighted by Gasteiger charge is -2.26. The van der Waals surface area contributed by atoms with Crippen molar-refractivity contribution in [1.29, 1.82) is 0 Å². The van der Waals surface area contributed by atoms with E-state index >= 15 is 0 Å². The summed E-state index contributed by atoms with van der Waals surface area (Å²) in [7, 11) is 0. The van der Waals surface area contributed by atoms with E-state index in [0.717, 1.165) is 0 Å². The minimum Gasteiger partial charge on any atom is -0.456 e. The van der Waals surface area contributed by atoms with Crippen LogP contribution in [0.1, 0.15) is 34.3 Å². The van der Waals surface area contributed by atoms with Crippen molar-refractivity contribution in [2.75, 3.05) is 4.90 Å². The third kappa shape index (κ3) is 3.68. The summed E-state index contributed by atoms with van der Waals surface area (Å²) in [5, 5.41) is -3.04. The molecule has 0 saturated heterocycles. The molecular formula is C40H25NO2. The summed E-state index contributed by atoms with van der Waals surface area (Å²) in [5.41, 5.74) is -6.69. The highest BCUT2D eigenvalue weighted by molar-refractivity contribution is 6.19. The first-order valence-corrected chi connectivity index (χ1v) is 12.5. The Balaban J connectivity index is 1.52. The largest absolute Gasteiger partial charge is 0.456 e. The average Bonchev–Trinajstić information content (AvgIpc) is 3.90. The van der Waals surface area contributed by atoms with Crippen molar-refractivity contribution in [1.82, 2.24) is 0 Å². The van der Waals surface area contributed by atoms with Crippen molar-refractivity contribution in [2.45, 2.75) is 0 Å². The maximum Gasteiger partial charge on any atom is 0.143 e. The van der Waals surface area contributed by atoms with Gasteiger partial charge in [-0.15, -0.1) is 0 Å². The lowest BCUT2D eigenvalue weighted by Crippen LogP contribution is -2.10. The van der Waals surface area contributed by atoms with E-state index in [1.807, 2.05) is 0 Å². The lowest BCUT2D eigenvalue weighted by molar-refractivity contribution is 0.669. The molecule has 0 spiro atoms. The molecule has 0 aliphatic carbocycles. The summed E-state index contributed by atoms with van der Waals surface area (Å²) in [6, 6.07) is -22.9. The van der Waals surface area contributed by atoms with Crippen molar-refractivity contribution in [3.05, 3.63) is 151 Å². The predicted molar refractivity (Wildman–Crippen MR) is 179 cm³/mol. The normalized spacial score (nSPS) is 19.9. The van der Waals surface area contributed by atoms with E-state index in [-0.39, 0.29) is 0 Å². The molecule has 0 unspecified atom stereocenters. The van der Waals surface area contributed by atoms with Gasteiger partial charge in [-0.25, -0.2) is 0 Å². The van der Waals surface area contributed by atoms with E-state index in [0.29, 0.717) is 4.90 Å². The van der Waals surface area contributed by atoms with Crippen LogP contribution in [0.4, 0.5) is 17.1 Å². The van der Waals surface area contributed by atoms with Crippen LogP contribution in [-0.4, -0.2) is 0 Å². The van der Waals surface area contributed by atoms with Crippen LogP contribution in [0.3, 0.4) is 0 Å². The van der Waals surface area contributed by atoms with Crippen LogP contribution in [0.25, 0.3) is 65.8 Å². The number of para-hydroxylation sites is 2. The van der Waals surface area contributed by atoms with Gasteiger partial charge in [0.15, 0.2) is 0 Å². The minimum absolute atomic E-state index is 0.437. The SMILES string of the molecule is [2H]c1c([2H])c([2H])c(N(c2c([2H])c([2H])c(-c3c([2H])c([2H])c([2H])c4oc5c([2H])c([2H])c([2H])c([2H])c5c34)c([2H])c2[2H])c2c([2H])c([2H])c([2H])c3oc4c5c([2H])c([2H])c([2H])c([2H])c5c([2H])c([2H])c4c23)c([2H])c1[2H]. The van der Waals surface area contributed by atoms with Crippen LogP contribution in [0.15, 0.2) is 160 Å². The smallest absolute Gasteiger partial charge is 0.143 e. The molecule has 43 heavy (non-hydrogen) atoms. The van der Waals surface area contributed by atoms with Gasteiger partial charge in [0, 0.05) is 32.9 Å². The Morgan fingerprint density at radius 3 is 1.98 bits per heavy atom. The van der Waals surface area contributed by atoms with Gasteiger partial charge >= 0.3 is 0 Å². The quantitative estimate of drug-likeness (QED) is 0.209. The standard InChI is InChI=1S/C40H25NO2/c1-2-11-28(12-3-1)41(34-16-9-19-37-39(34)33-25-22-26-10-4-5-13-31(26)40(33)43-37)29-23-20-27(21-24-29)30-15-8-18-36-38(30)32-14-6-7-17-35(32)42-36/h1-25H/i1D,2D,3D,4D,5D,6D,7D,8D,9D,10D,11D,12D,13D,14D,15D,16D,17D,18D,19D,20D,21D,22D,23D,24D,25D. The fourth-order valence-corrected chi connectivity index (χ4v) is 4.90. The highest BCUT2D eigenvalue weighted by Crippen LogP contribution is 2.45. The summed E-state index contributed by atoms with van der Waals surface area (Å²) >= 11 is 0. The van der Waals surface area contributed by atoms with E-state index in [1.54, 1.807) is 0 Å². The highest BCUT2D eigenvalue weighted by atomic mass is 16.3. The third-order valence-corrected chi connectivity index (χ3v) is 6.70. The topological polar surface area (TPSA) is 29.5 Å². The summed E-state index contributed by atoms with van der Waals surface area (Å²) < 4.78 is 233. The van der Waals surface area contributed by atoms with E-state index in [9.17, 15) is 8.22 Å². The molecular weight excluding hydrogens is 526 g/mol. The molecule has 3 nitrogen and oxygen atoms in total. The van der Waals surface area contributed by atoms with Gasteiger partial charge in [0.2, 0.25) is 0 Å². The average molecular weight is 577 g/mol. The minimum atomic E-state index is -1.16. The molecule has 202 valence electrons. The zero-order chi connectivity index (χ0) is 50.1. The Labute approximate surface area is 282 Å². The van der Waals surface area contributed by atoms with Gasteiger partial charge in [0.1, 0.15) is 22.3 Å². The van der Waals surface area contributed by atoms with Crippen LogP contribution < -0.4 is 4.90 Å². The Hall–Kier alpha value is -5.80. The number of rotatable bonds is 4.